The van der Waals surface area contributed by atoms with Crippen LogP contribution in [-0.4, -0.2) is 25.0 Å². The summed E-state index contributed by atoms with van der Waals surface area (Å²) >= 11 is 0. The van der Waals surface area contributed by atoms with Gasteiger partial charge in [-0.05, 0) is 38.1 Å². The lowest BCUT2D eigenvalue weighted by atomic mass is 9.90. The van der Waals surface area contributed by atoms with Crippen LogP contribution in [0, 0.1) is 11.8 Å². The fourth-order valence-electron chi connectivity index (χ4n) is 3.40. The fraction of sp³-hybridized carbons (Fsp3) is 0.933. The van der Waals surface area contributed by atoms with E-state index in [2.05, 4.69) is 17.6 Å². The number of rotatable bonds is 5. The van der Waals surface area contributed by atoms with Crippen LogP contribution in [-0.2, 0) is 4.79 Å². The quantitative estimate of drug-likeness (QED) is 0.789. The third-order valence-corrected chi connectivity index (χ3v) is 4.60. The molecular formula is C15H28N2O. The minimum atomic E-state index is 0.245. The molecule has 1 amide bonds. The van der Waals surface area contributed by atoms with Crippen molar-refractivity contribution < 1.29 is 4.79 Å². The zero-order chi connectivity index (χ0) is 12.8. The second-order valence-electron chi connectivity index (χ2n) is 6.04. The Kier molecular flexibility index (Phi) is 5.48. The van der Waals surface area contributed by atoms with Gasteiger partial charge in [-0.3, -0.25) is 4.79 Å². The summed E-state index contributed by atoms with van der Waals surface area (Å²) in [4.78, 5) is 12.3. The van der Waals surface area contributed by atoms with E-state index in [9.17, 15) is 4.79 Å². The van der Waals surface area contributed by atoms with Crippen molar-refractivity contribution in [2.24, 2.45) is 11.8 Å². The Labute approximate surface area is 111 Å². The molecule has 0 spiro atoms. The van der Waals surface area contributed by atoms with E-state index >= 15 is 0 Å². The lowest BCUT2D eigenvalue weighted by Crippen LogP contribution is -2.47. The monoisotopic (exact) mass is 252 g/mol. The van der Waals surface area contributed by atoms with Crippen LogP contribution in [0.3, 0.4) is 0 Å². The number of nitrogens with one attached hydrogen (secondary N) is 2. The summed E-state index contributed by atoms with van der Waals surface area (Å²) in [5.41, 5.74) is 0. The zero-order valence-corrected chi connectivity index (χ0v) is 11.7. The van der Waals surface area contributed by atoms with Gasteiger partial charge in [-0.2, -0.15) is 0 Å². The van der Waals surface area contributed by atoms with E-state index in [4.69, 9.17) is 0 Å². The van der Waals surface area contributed by atoms with E-state index < -0.39 is 0 Å². The smallest absolute Gasteiger partial charge is 0.223 e. The maximum Gasteiger partial charge on any atom is 0.223 e. The maximum atomic E-state index is 12.3. The van der Waals surface area contributed by atoms with Crippen LogP contribution in [0.1, 0.15) is 58.3 Å². The molecule has 1 aliphatic heterocycles. The Morgan fingerprint density at radius 1 is 1.28 bits per heavy atom. The molecule has 0 aromatic heterocycles. The molecule has 18 heavy (non-hydrogen) atoms. The predicted molar refractivity (Wildman–Crippen MR) is 74.4 cm³/mol. The van der Waals surface area contributed by atoms with Crippen LogP contribution < -0.4 is 10.6 Å². The van der Waals surface area contributed by atoms with Crippen LogP contribution in [0.25, 0.3) is 0 Å². The second kappa shape index (κ2) is 7.13. The molecule has 1 heterocycles. The molecular weight excluding hydrogens is 224 g/mol. The van der Waals surface area contributed by atoms with Gasteiger partial charge in [0.2, 0.25) is 5.91 Å². The number of carbonyl (C=O) groups is 1. The highest BCUT2D eigenvalue weighted by Crippen LogP contribution is 2.31. The Morgan fingerprint density at radius 3 is 2.67 bits per heavy atom. The number of piperidine rings is 1. The average molecular weight is 252 g/mol. The summed E-state index contributed by atoms with van der Waals surface area (Å²) in [6, 6.07) is 0.365. The highest BCUT2D eigenvalue weighted by Gasteiger charge is 2.25. The zero-order valence-electron chi connectivity index (χ0n) is 11.7. The molecule has 3 heteroatoms. The van der Waals surface area contributed by atoms with Crippen LogP contribution in [0.15, 0.2) is 0 Å². The summed E-state index contributed by atoms with van der Waals surface area (Å²) in [6.45, 7) is 4.20. The number of amides is 1. The molecule has 0 aromatic rings. The number of hydrogen-bond acceptors (Lipinski definition) is 2. The van der Waals surface area contributed by atoms with Gasteiger partial charge >= 0.3 is 0 Å². The van der Waals surface area contributed by atoms with Crippen LogP contribution in [0.5, 0.6) is 0 Å². The molecule has 2 atom stereocenters. The Balaban J connectivity index is 1.76. The maximum absolute atomic E-state index is 12.3. The molecule has 0 radical (unpaired) electrons. The third kappa shape index (κ3) is 3.98. The van der Waals surface area contributed by atoms with Crippen molar-refractivity contribution in [3.8, 4) is 0 Å². The highest BCUT2D eigenvalue weighted by molar-refractivity contribution is 5.78. The van der Waals surface area contributed by atoms with E-state index in [0.29, 0.717) is 11.9 Å². The first kappa shape index (κ1) is 13.9. The van der Waals surface area contributed by atoms with Crippen molar-refractivity contribution in [1.82, 2.24) is 10.6 Å². The van der Waals surface area contributed by atoms with Gasteiger partial charge < -0.3 is 10.6 Å². The summed E-state index contributed by atoms with van der Waals surface area (Å²) in [6.07, 6.45) is 9.85. The third-order valence-electron chi connectivity index (χ3n) is 4.60. The van der Waals surface area contributed by atoms with Gasteiger partial charge in [-0.25, -0.2) is 0 Å². The van der Waals surface area contributed by atoms with Gasteiger partial charge in [0.15, 0.2) is 0 Å². The summed E-state index contributed by atoms with van der Waals surface area (Å²) < 4.78 is 0. The van der Waals surface area contributed by atoms with Crippen LogP contribution in [0.4, 0.5) is 0 Å². The first-order valence-corrected chi connectivity index (χ1v) is 7.80. The van der Waals surface area contributed by atoms with Gasteiger partial charge in [-0.1, -0.05) is 32.6 Å². The molecule has 2 unspecified atom stereocenters. The molecule has 2 aliphatic rings. The van der Waals surface area contributed by atoms with E-state index in [0.717, 1.165) is 38.3 Å². The highest BCUT2D eigenvalue weighted by atomic mass is 16.1. The molecule has 1 saturated heterocycles. The molecule has 104 valence electrons. The largest absolute Gasteiger partial charge is 0.352 e. The first-order chi connectivity index (χ1) is 8.79. The molecule has 2 fully saturated rings. The lowest BCUT2D eigenvalue weighted by Gasteiger charge is -2.26. The van der Waals surface area contributed by atoms with Crippen LogP contribution >= 0.6 is 0 Å². The minimum Gasteiger partial charge on any atom is -0.352 e. The number of hydrogen-bond donors (Lipinski definition) is 2. The van der Waals surface area contributed by atoms with Gasteiger partial charge in [-0.15, -0.1) is 0 Å². The van der Waals surface area contributed by atoms with E-state index in [1.54, 1.807) is 0 Å². The van der Waals surface area contributed by atoms with E-state index in [1.807, 2.05) is 0 Å². The number of carbonyl (C=O) groups excluding carboxylic acids is 1. The van der Waals surface area contributed by atoms with E-state index in [-0.39, 0.29) is 5.92 Å². The normalized spacial score (nSPS) is 27.1. The van der Waals surface area contributed by atoms with Crippen molar-refractivity contribution in [3.05, 3.63) is 0 Å². The average Bonchev–Trinajstić information content (AvgIpc) is 2.90. The van der Waals surface area contributed by atoms with Crippen molar-refractivity contribution in [2.45, 2.75) is 64.3 Å². The first-order valence-electron chi connectivity index (χ1n) is 7.80. The van der Waals surface area contributed by atoms with Crippen molar-refractivity contribution in [2.75, 3.05) is 13.1 Å². The Hall–Kier alpha value is -0.570. The molecule has 2 rings (SSSR count). The summed E-state index contributed by atoms with van der Waals surface area (Å²) in [5.74, 6) is 1.36. The minimum absolute atomic E-state index is 0.245. The molecule has 1 aliphatic carbocycles. The van der Waals surface area contributed by atoms with Gasteiger partial charge in [0.05, 0.1) is 0 Å². The van der Waals surface area contributed by atoms with Crippen molar-refractivity contribution >= 4 is 5.91 Å². The molecule has 0 bridgehead atoms. The lowest BCUT2D eigenvalue weighted by molar-refractivity contribution is -0.126. The fourth-order valence-corrected chi connectivity index (χ4v) is 3.40. The molecule has 3 nitrogen and oxygen atoms in total. The summed E-state index contributed by atoms with van der Waals surface area (Å²) in [7, 11) is 0. The molecule has 2 N–H and O–H groups in total. The Bertz CT molecular complexity index is 255. The standard InChI is InChI=1S/C15H28N2O/c1-2-13(10-12-6-3-4-7-12)15(18)17-14-8-5-9-16-11-14/h12-14,16H,2-11H2,1H3,(H,17,18). The van der Waals surface area contributed by atoms with Crippen molar-refractivity contribution in [1.29, 1.82) is 0 Å². The summed E-state index contributed by atoms with van der Waals surface area (Å²) in [5, 5.41) is 6.60. The predicted octanol–water partition coefficient (Wildman–Crippen LogP) is 2.46. The second-order valence-corrected chi connectivity index (χ2v) is 6.04. The topological polar surface area (TPSA) is 41.1 Å². The molecule has 0 aromatic carbocycles. The van der Waals surface area contributed by atoms with Gasteiger partial charge in [0, 0.05) is 18.5 Å². The van der Waals surface area contributed by atoms with Gasteiger partial charge in [0.1, 0.15) is 0 Å². The van der Waals surface area contributed by atoms with Gasteiger partial charge in [0.25, 0.3) is 0 Å². The van der Waals surface area contributed by atoms with E-state index in [1.165, 1.54) is 32.1 Å². The SMILES string of the molecule is CCC(CC1CCCC1)C(=O)NC1CCCNC1. The van der Waals surface area contributed by atoms with Crippen LogP contribution in [0.2, 0.25) is 0 Å². The Morgan fingerprint density at radius 2 is 2.06 bits per heavy atom. The molecule has 1 saturated carbocycles. The van der Waals surface area contributed by atoms with Crippen molar-refractivity contribution in [3.63, 3.8) is 0 Å².